The van der Waals surface area contributed by atoms with Crippen LogP contribution in [0.25, 0.3) is 33.6 Å². The zero-order valence-corrected chi connectivity index (χ0v) is 15.5. The van der Waals surface area contributed by atoms with Crippen molar-refractivity contribution in [1.29, 1.82) is 0 Å². The standard InChI is InChI=1S/C18H13F6N5O/c1-28-15-11(7-14(26-27-15)17(20,21)18(22,23)24)25-16(28)13-5-9-3-4-10(19)6-12(9)29(13)8-30-2/h3-7H,8H2,1-2H3. The van der Waals surface area contributed by atoms with Gasteiger partial charge in [-0.05, 0) is 30.3 Å². The average molecular weight is 429 g/mol. The Morgan fingerprint density at radius 1 is 1.03 bits per heavy atom. The summed E-state index contributed by atoms with van der Waals surface area (Å²) in [6.45, 7) is 0.0224. The molecule has 4 aromatic rings. The van der Waals surface area contributed by atoms with Gasteiger partial charge in [-0.25, -0.2) is 9.37 Å². The van der Waals surface area contributed by atoms with E-state index in [2.05, 4.69) is 15.2 Å². The minimum absolute atomic E-state index is 0.00660. The number of aryl methyl sites for hydroxylation is 1. The van der Waals surface area contributed by atoms with Gasteiger partial charge in [0.05, 0.1) is 11.2 Å². The van der Waals surface area contributed by atoms with E-state index in [1.807, 2.05) is 0 Å². The summed E-state index contributed by atoms with van der Waals surface area (Å²) >= 11 is 0. The Morgan fingerprint density at radius 3 is 2.43 bits per heavy atom. The minimum atomic E-state index is -5.82. The van der Waals surface area contributed by atoms with Gasteiger partial charge in [0, 0.05) is 19.5 Å². The zero-order chi connectivity index (χ0) is 21.8. The molecular formula is C18H13F6N5O. The SMILES string of the molecule is COCn1c(-c2nc3cc(C(F)(F)C(F)(F)F)nnc3n2C)cc2ccc(F)cc21. The molecule has 0 amide bonds. The molecule has 0 saturated heterocycles. The van der Waals surface area contributed by atoms with E-state index in [1.54, 1.807) is 16.7 Å². The van der Waals surface area contributed by atoms with Gasteiger partial charge in [-0.15, -0.1) is 10.2 Å². The second-order valence-corrected chi connectivity index (χ2v) is 6.58. The number of hydrogen-bond acceptors (Lipinski definition) is 4. The predicted octanol–water partition coefficient (Wildman–Crippen LogP) is 4.38. The maximum Gasteiger partial charge on any atom is 0.459 e. The van der Waals surface area contributed by atoms with Crippen molar-refractivity contribution in [2.75, 3.05) is 7.11 Å². The molecule has 0 aliphatic carbocycles. The highest BCUT2D eigenvalue weighted by Crippen LogP contribution is 2.43. The fraction of sp³-hybridized carbons (Fsp3) is 0.278. The lowest BCUT2D eigenvalue weighted by atomic mass is 10.2. The Kier molecular flexibility index (Phi) is 4.49. The summed E-state index contributed by atoms with van der Waals surface area (Å²) in [5.41, 5.74) is -0.808. The van der Waals surface area contributed by atoms with Gasteiger partial charge in [-0.1, -0.05) is 0 Å². The molecule has 4 rings (SSSR count). The summed E-state index contributed by atoms with van der Waals surface area (Å²) in [7, 11) is 2.94. The van der Waals surface area contributed by atoms with Crippen molar-refractivity contribution >= 4 is 22.1 Å². The van der Waals surface area contributed by atoms with Gasteiger partial charge in [0.15, 0.2) is 11.5 Å². The molecule has 0 spiro atoms. The second-order valence-electron chi connectivity index (χ2n) is 6.58. The lowest BCUT2D eigenvalue weighted by Crippen LogP contribution is -2.34. The number of aromatic nitrogens is 5. The van der Waals surface area contributed by atoms with Gasteiger partial charge >= 0.3 is 12.1 Å². The summed E-state index contributed by atoms with van der Waals surface area (Å²) in [4.78, 5) is 4.19. The Hall–Kier alpha value is -3.15. The van der Waals surface area contributed by atoms with Gasteiger partial charge in [-0.3, -0.25) is 0 Å². The van der Waals surface area contributed by atoms with Gasteiger partial charge in [-0.2, -0.15) is 22.0 Å². The minimum Gasteiger partial charge on any atom is -0.364 e. The summed E-state index contributed by atoms with van der Waals surface area (Å²) in [6.07, 6.45) is -5.82. The second kappa shape index (κ2) is 6.69. The maximum absolute atomic E-state index is 13.7. The molecule has 1 aromatic carbocycles. The first-order valence-corrected chi connectivity index (χ1v) is 8.48. The van der Waals surface area contributed by atoms with Gasteiger partial charge in [0.1, 0.15) is 23.8 Å². The Bertz CT molecular complexity index is 1260. The van der Waals surface area contributed by atoms with Gasteiger partial charge in [0.25, 0.3) is 0 Å². The van der Waals surface area contributed by atoms with Crippen LogP contribution < -0.4 is 0 Å². The van der Waals surface area contributed by atoms with Gasteiger partial charge in [0.2, 0.25) is 0 Å². The fourth-order valence-electron chi connectivity index (χ4n) is 3.19. The number of halogens is 6. The van der Waals surface area contributed by atoms with E-state index in [9.17, 15) is 26.3 Å². The highest BCUT2D eigenvalue weighted by molar-refractivity contribution is 5.87. The summed E-state index contributed by atoms with van der Waals surface area (Å²) in [5, 5.41) is 7.24. The van der Waals surface area contributed by atoms with Crippen LogP contribution in [0, 0.1) is 5.82 Å². The lowest BCUT2D eigenvalue weighted by molar-refractivity contribution is -0.291. The number of fused-ring (bicyclic) bond motifs is 2. The van der Waals surface area contributed by atoms with Crippen LogP contribution in [0.3, 0.4) is 0 Å². The number of benzene rings is 1. The maximum atomic E-state index is 13.7. The molecule has 3 heterocycles. The largest absolute Gasteiger partial charge is 0.459 e. The number of alkyl halides is 5. The number of hydrogen-bond donors (Lipinski definition) is 0. The normalized spacial score (nSPS) is 12.9. The van der Waals surface area contributed by atoms with E-state index >= 15 is 0 Å². The molecule has 0 atom stereocenters. The van der Waals surface area contributed by atoms with Crippen molar-refractivity contribution in [2.24, 2.45) is 7.05 Å². The van der Waals surface area contributed by atoms with E-state index in [0.29, 0.717) is 22.7 Å². The molecule has 0 N–H and O–H groups in total. The highest BCUT2D eigenvalue weighted by atomic mass is 19.4. The van der Waals surface area contributed by atoms with Crippen molar-refractivity contribution in [3.8, 4) is 11.5 Å². The average Bonchev–Trinajstić information content (AvgIpc) is 3.18. The van der Waals surface area contributed by atoms with Crippen molar-refractivity contribution in [3.63, 3.8) is 0 Å². The van der Waals surface area contributed by atoms with E-state index in [4.69, 9.17) is 4.74 Å². The molecule has 158 valence electrons. The van der Waals surface area contributed by atoms with Crippen LogP contribution in [0.5, 0.6) is 0 Å². The molecule has 0 radical (unpaired) electrons. The van der Waals surface area contributed by atoms with Crippen molar-refractivity contribution < 1.29 is 31.1 Å². The third-order valence-electron chi connectivity index (χ3n) is 4.65. The first-order chi connectivity index (χ1) is 14.0. The van der Waals surface area contributed by atoms with Crippen LogP contribution in [0.2, 0.25) is 0 Å². The Balaban J connectivity index is 1.92. The number of methoxy groups -OCH3 is 1. The molecule has 0 aliphatic rings. The molecule has 3 aromatic heterocycles. The molecule has 6 nitrogen and oxygen atoms in total. The van der Waals surface area contributed by atoms with E-state index in [-0.39, 0.29) is 23.7 Å². The third kappa shape index (κ3) is 2.98. The van der Waals surface area contributed by atoms with Crippen LogP contribution >= 0.6 is 0 Å². The number of nitrogens with zero attached hydrogens (tertiary/aromatic N) is 5. The predicted molar refractivity (Wildman–Crippen MR) is 94.2 cm³/mol. The smallest absolute Gasteiger partial charge is 0.364 e. The molecule has 12 heteroatoms. The molecule has 0 fully saturated rings. The lowest BCUT2D eigenvalue weighted by Gasteiger charge is -2.17. The Morgan fingerprint density at radius 2 is 1.77 bits per heavy atom. The highest BCUT2D eigenvalue weighted by Gasteiger charge is 2.60. The molecule has 0 unspecified atom stereocenters. The van der Waals surface area contributed by atoms with Crippen LogP contribution in [-0.4, -0.2) is 37.6 Å². The third-order valence-corrected chi connectivity index (χ3v) is 4.65. The van der Waals surface area contributed by atoms with Crippen molar-refractivity contribution in [2.45, 2.75) is 18.8 Å². The quantitative estimate of drug-likeness (QED) is 0.452. The van der Waals surface area contributed by atoms with Crippen LogP contribution in [0.4, 0.5) is 26.3 Å². The Labute approximate surface area is 164 Å². The topological polar surface area (TPSA) is 57.8 Å². The van der Waals surface area contributed by atoms with E-state index in [1.165, 1.54) is 30.9 Å². The summed E-state index contributed by atoms with van der Waals surface area (Å²) < 4.78 is 87.2. The van der Waals surface area contributed by atoms with Crippen LogP contribution in [0.1, 0.15) is 5.69 Å². The zero-order valence-electron chi connectivity index (χ0n) is 15.5. The number of imidazole rings is 1. The van der Waals surface area contributed by atoms with Crippen LogP contribution in [-0.2, 0) is 24.4 Å². The molecule has 0 saturated carbocycles. The van der Waals surface area contributed by atoms with E-state index in [0.717, 1.165) is 0 Å². The van der Waals surface area contributed by atoms with Crippen molar-refractivity contribution in [3.05, 3.63) is 41.8 Å². The molecular weight excluding hydrogens is 416 g/mol. The van der Waals surface area contributed by atoms with Gasteiger partial charge < -0.3 is 13.9 Å². The molecule has 0 bridgehead atoms. The summed E-state index contributed by atoms with van der Waals surface area (Å²) in [5.74, 6) is -5.44. The van der Waals surface area contributed by atoms with Crippen LogP contribution in [0.15, 0.2) is 30.3 Å². The fourth-order valence-corrected chi connectivity index (χ4v) is 3.19. The summed E-state index contributed by atoms with van der Waals surface area (Å²) in [6, 6.07) is 6.35. The number of rotatable bonds is 4. The monoisotopic (exact) mass is 429 g/mol. The molecule has 30 heavy (non-hydrogen) atoms. The number of ether oxygens (including phenoxy) is 1. The van der Waals surface area contributed by atoms with E-state index < -0.39 is 23.6 Å². The van der Waals surface area contributed by atoms with Crippen molar-refractivity contribution in [1.82, 2.24) is 24.3 Å². The first kappa shape index (κ1) is 20.1. The molecule has 0 aliphatic heterocycles. The first-order valence-electron chi connectivity index (χ1n) is 8.48.